The van der Waals surface area contributed by atoms with Crippen molar-refractivity contribution in [2.75, 3.05) is 0 Å². The average molecular weight is 214 g/mol. The number of imidazole rings is 1. The van der Waals surface area contributed by atoms with E-state index in [2.05, 4.69) is 4.98 Å². The molecule has 0 radical (unpaired) electrons. The quantitative estimate of drug-likeness (QED) is 0.713. The van der Waals surface area contributed by atoms with Crippen molar-refractivity contribution < 1.29 is 13.2 Å². The topological polar surface area (TPSA) is 17.3 Å². The third-order valence-corrected chi connectivity index (χ3v) is 2.21. The Hall–Kier alpha value is -1.52. The van der Waals surface area contributed by atoms with E-state index in [4.69, 9.17) is 0 Å². The molecule has 0 bridgehead atoms. The van der Waals surface area contributed by atoms with Gasteiger partial charge in [-0.2, -0.15) is 13.2 Å². The molecule has 15 heavy (non-hydrogen) atoms. The van der Waals surface area contributed by atoms with Gasteiger partial charge in [0, 0.05) is 12.4 Å². The molecule has 0 aliphatic carbocycles. The highest BCUT2D eigenvalue weighted by atomic mass is 19.4. The van der Waals surface area contributed by atoms with Crippen molar-refractivity contribution in [1.29, 1.82) is 0 Å². The van der Waals surface area contributed by atoms with Crippen LogP contribution in [0, 0.1) is 0 Å². The number of pyridine rings is 1. The summed E-state index contributed by atoms with van der Waals surface area (Å²) in [4.78, 5) is 3.50. The van der Waals surface area contributed by atoms with Gasteiger partial charge in [-0.25, -0.2) is 4.98 Å². The Kier molecular flexibility index (Phi) is 2.17. The van der Waals surface area contributed by atoms with E-state index in [-0.39, 0.29) is 0 Å². The normalized spacial score (nSPS) is 12.3. The molecule has 0 unspecified atom stereocenters. The number of alkyl halides is 3. The zero-order chi connectivity index (χ0) is 11.1. The smallest absolute Gasteiger partial charge is 0.306 e. The van der Waals surface area contributed by atoms with Gasteiger partial charge in [-0.3, -0.25) is 0 Å². The number of rotatable bonds is 1. The molecular weight excluding hydrogens is 205 g/mol. The van der Waals surface area contributed by atoms with Crippen molar-refractivity contribution in [1.82, 2.24) is 9.38 Å². The Morgan fingerprint density at radius 3 is 2.60 bits per heavy atom. The second-order valence-corrected chi connectivity index (χ2v) is 3.28. The van der Waals surface area contributed by atoms with Gasteiger partial charge in [0.15, 0.2) is 5.69 Å². The van der Waals surface area contributed by atoms with E-state index in [1.807, 2.05) is 6.92 Å². The summed E-state index contributed by atoms with van der Waals surface area (Å²) in [5.41, 5.74) is 0.448. The van der Waals surface area contributed by atoms with Gasteiger partial charge in [-0.15, -0.1) is 0 Å². The predicted octanol–water partition coefficient (Wildman–Crippen LogP) is 2.92. The van der Waals surface area contributed by atoms with Crippen LogP contribution >= 0.6 is 0 Å². The second kappa shape index (κ2) is 3.25. The van der Waals surface area contributed by atoms with Crippen molar-refractivity contribution >= 4 is 5.65 Å². The van der Waals surface area contributed by atoms with Crippen molar-refractivity contribution in [3.63, 3.8) is 0 Å². The van der Waals surface area contributed by atoms with Gasteiger partial charge >= 0.3 is 6.18 Å². The summed E-state index contributed by atoms with van der Waals surface area (Å²) in [6.07, 6.45) is -0.917. The van der Waals surface area contributed by atoms with E-state index < -0.39 is 11.9 Å². The SMILES string of the molecule is CCc1ccc2nc(C(F)(F)F)cn2c1. The lowest BCUT2D eigenvalue weighted by atomic mass is 10.2. The number of aromatic nitrogens is 2. The molecule has 2 nitrogen and oxygen atoms in total. The molecule has 0 saturated carbocycles. The van der Waals surface area contributed by atoms with E-state index in [0.717, 1.165) is 18.2 Å². The molecule has 0 aliphatic heterocycles. The van der Waals surface area contributed by atoms with Crippen LogP contribution < -0.4 is 0 Å². The van der Waals surface area contributed by atoms with Gasteiger partial charge < -0.3 is 4.40 Å². The summed E-state index contributed by atoms with van der Waals surface area (Å²) in [6, 6.07) is 3.37. The molecule has 2 heterocycles. The molecule has 2 rings (SSSR count). The number of aryl methyl sites for hydroxylation is 1. The third kappa shape index (κ3) is 1.82. The third-order valence-electron chi connectivity index (χ3n) is 2.21. The van der Waals surface area contributed by atoms with Crippen molar-refractivity contribution in [2.24, 2.45) is 0 Å². The molecule has 5 heteroatoms. The van der Waals surface area contributed by atoms with E-state index in [0.29, 0.717) is 5.65 Å². The van der Waals surface area contributed by atoms with E-state index in [1.165, 1.54) is 4.40 Å². The monoisotopic (exact) mass is 214 g/mol. The van der Waals surface area contributed by atoms with Gasteiger partial charge in [-0.05, 0) is 18.1 Å². The van der Waals surface area contributed by atoms with Gasteiger partial charge in [-0.1, -0.05) is 13.0 Å². The van der Waals surface area contributed by atoms with Crippen LogP contribution in [0.5, 0.6) is 0 Å². The summed E-state index contributed by atoms with van der Waals surface area (Å²) in [5, 5.41) is 0. The molecule has 0 aromatic carbocycles. The first-order valence-electron chi connectivity index (χ1n) is 4.55. The minimum atomic E-state index is -4.38. The van der Waals surface area contributed by atoms with Crippen LogP contribution in [0.25, 0.3) is 5.65 Å². The number of fused-ring (bicyclic) bond motifs is 1. The maximum absolute atomic E-state index is 12.3. The summed E-state index contributed by atoms with van der Waals surface area (Å²) in [6.45, 7) is 1.95. The molecule has 0 atom stereocenters. The maximum atomic E-state index is 12.3. The van der Waals surface area contributed by atoms with Crippen LogP contribution in [-0.4, -0.2) is 9.38 Å². The van der Waals surface area contributed by atoms with E-state index in [1.54, 1.807) is 18.3 Å². The molecule has 0 fully saturated rings. The first-order valence-corrected chi connectivity index (χ1v) is 4.55. The standard InChI is InChI=1S/C10H9F3N2/c1-2-7-3-4-9-14-8(10(11,12)13)6-15(9)5-7/h3-6H,2H2,1H3. The lowest BCUT2D eigenvalue weighted by Crippen LogP contribution is -2.04. The first kappa shape index (κ1) is 10.0. The fraction of sp³-hybridized carbons (Fsp3) is 0.300. The largest absolute Gasteiger partial charge is 0.434 e. The van der Waals surface area contributed by atoms with Gasteiger partial charge in [0.05, 0.1) is 0 Å². The van der Waals surface area contributed by atoms with Gasteiger partial charge in [0.1, 0.15) is 5.65 Å². The maximum Gasteiger partial charge on any atom is 0.434 e. The van der Waals surface area contributed by atoms with Gasteiger partial charge in [0.2, 0.25) is 0 Å². The molecule has 80 valence electrons. The van der Waals surface area contributed by atoms with Crippen LogP contribution in [-0.2, 0) is 12.6 Å². The fourth-order valence-electron chi connectivity index (χ4n) is 1.38. The minimum absolute atomic E-state index is 0.319. The highest BCUT2D eigenvalue weighted by Gasteiger charge is 2.33. The Morgan fingerprint density at radius 2 is 2.00 bits per heavy atom. The Balaban J connectivity index is 2.56. The Labute approximate surface area is 84.4 Å². The molecule has 0 N–H and O–H groups in total. The van der Waals surface area contributed by atoms with E-state index >= 15 is 0 Å². The molecule has 0 saturated heterocycles. The summed E-state index contributed by atoms with van der Waals surface area (Å²) >= 11 is 0. The molecule has 2 aromatic heterocycles. The number of halogens is 3. The molecule has 2 aromatic rings. The molecule has 0 aliphatic rings. The highest BCUT2D eigenvalue weighted by Crippen LogP contribution is 2.28. The Bertz CT molecular complexity index is 485. The fourth-order valence-corrected chi connectivity index (χ4v) is 1.38. The number of nitrogens with zero attached hydrogens (tertiary/aromatic N) is 2. The minimum Gasteiger partial charge on any atom is -0.306 e. The Morgan fingerprint density at radius 1 is 1.27 bits per heavy atom. The number of hydrogen-bond donors (Lipinski definition) is 0. The number of hydrogen-bond acceptors (Lipinski definition) is 1. The second-order valence-electron chi connectivity index (χ2n) is 3.28. The summed E-state index contributed by atoms with van der Waals surface area (Å²) in [5.74, 6) is 0. The average Bonchev–Trinajstić information content (AvgIpc) is 2.59. The first-order chi connectivity index (χ1) is 7.00. The lowest BCUT2D eigenvalue weighted by Gasteiger charge is -1.98. The zero-order valence-electron chi connectivity index (χ0n) is 8.04. The predicted molar refractivity (Wildman–Crippen MR) is 49.6 cm³/mol. The molecular formula is C10H9F3N2. The lowest BCUT2D eigenvalue weighted by molar-refractivity contribution is -0.140. The molecule has 0 spiro atoms. The van der Waals surface area contributed by atoms with Crippen LogP contribution in [0.1, 0.15) is 18.2 Å². The van der Waals surface area contributed by atoms with Crippen molar-refractivity contribution in [3.05, 3.63) is 35.8 Å². The van der Waals surface area contributed by atoms with Gasteiger partial charge in [0.25, 0.3) is 0 Å². The molecule has 0 amide bonds. The summed E-state index contributed by atoms with van der Waals surface area (Å²) < 4.78 is 38.4. The summed E-state index contributed by atoms with van der Waals surface area (Å²) in [7, 11) is 0. The van der Waals surface area contributed by atoms with Crippen LogP contribution in [0.2, 0.25) is 0 Å². The van der Waals surface area contributed by atoms with Crippen LogP contribution in [0.15, 0.2) is 24.5 Å². The van der Waals surface area contributed by atoms with Crippen LogP contribution in [0.4, 0.5) is 13.2 Å². The zero-order valence-corrected chi connectivity index (χ0v) is 8.04. The van der Waals surface area contributed by atoms with Crippen LogP contribution in [0.3, 0.4) is 0 Å². The van der Waals surface area contributed by atoms with E-state index in [9.17, 15) is 13.2 Å². The van der Waals surface area contributed by atoms with Crippen molar-refractivity contribution in [2.45, 2.75) is 19.5 Å². The van der Waals surface area contributed by atoms with Crippen molar-refractivity contribution in [3.8, 4) is 0 Å². The highest BCUT2D eigenvalue weighted by molar-refractivity contribution is 5.41.